The Morgan fingerprint density at radius 1 is 1.73 bits per heavy atom. The van der Waals surface area contributed by atoms with E-state index in [1.165, 1.54) is 10.9 Å². The maximum absolute atomic E-state index is 10.9. The van der Waals surface area contributed by atoms with E-state index in [2.05, 4.69) is 10.4 Å². The van der Waals surface area contributed by atoms with Gasteiger partial charge in [-0.1, -0.05) is 0 Å². The second-order valence-corrected chi connectivity index (χ2v) is 3.04. The smallest absolute Gasteiger partial charge is 0.309 e. The predicted molar refractivity (Wildman–Crippen MR) is 52.3 cm³/mol. The van der Waals surface area contributed by atoms with E-state index in [1.54, 1.807) is 14.0 Å². The Morgan fingerprint density at radius 3 is 2.87 bits per heavy atom. The Kier molecular flexibility index (Phi) is 3.37. The second-order valence-electron chi connectivity index (χ2n) is 3.04. The Hall–Kier alpha value is -1.92. The summed E-state index contributed by atoms with van der Waals surface area (Å²) in [5.74, 6) is -0.120. The number of nitro groups is 1. The molecule has 1 heterocycles. The molecule has 0 atom stereocenters. The van der Waals surface area contributed by atoms with Crippen LogP contribution in [0.15, 0.2) is 6.20 Å². The first-order valence-electron chi connectivity index (χ1n) is 4.43. The van der Waals surface area contributed by atoms with Crippen molar-refractivity contribution in [2.45, 2.75) is 19.9 Å². The molecule has 0 spiro atoms. The molecule has 1 aromatic rings. The van der Waals surface area contributed by atoms with Gasteiger partial charge in [0.15, 0.2) is 0 Å². The molecule has 1 N–H and O–H groups in total. The minimum absolute atomic E-state index is 0.0214. The predicted octanol–water partition coefficient (Wildman–Crippen LogP) is 0.236. The van der Waals surface area contributed by atoms with E-state index in [9.17, 15) is 14.9 Å². The number of hydrogen-bond donors (Lipinski definition) is 1. The zero-order valence-electron chi connectivity index (χ0n) is 8.56. The van der Waals surface area contributed by atoms with Gasteiger partial charge in [-0.15, -0.1) is 0 Å². The Balaban J connectivity index is 2.67. The highest BCUT2D eigenvalue weighted by Gasteiger charge is 2.15. The fourth-order valence-corrected chi connectivity index (χ4v) is 1.14. The van der Waals surface area contributed by atoms with Crippen LogP contribution in [0.3, 0.4) is 0 Å². The summed E-state index contributed by atoms with van der Waals surface area (Å²) in [6.07, 6.45) is 1.59. The molecule has 0 aromatic carbocycles. The monoisotopic (exact) mass is 212 g/mol. The molecule has 0 bridgehead atoms. The number of nitrogens with zero attached hydrogens (tertiary/aromatic N) is 3. The van der Waals surface area contributed by atoms with Gasteiger partial charge in [-0.3, -0.25) is 19.6 Å². The van der Waals surface area contributed by atoms with Gasteiger partial charge in [0, 0.05) is 20.0 Å². The molecule has 0 aliphatic heterocycles. The molecule has 1 amide bonds. The third-order valence-corrected chi connectivity index (χ3v) is 1.96. The van der Waals surface area contributed by atoms with Crippen LogP contribution in [0.4, 0.5) is 5.69 Å². The lowest BCUT2D eigenvalue weighted by Crippen LogP contribution is -2.19. The van der Waals surface area contributed by atoms with Crippen LogP contribution in [0.25, 0.3) is 0 Å². The lowest BCUT2D eigenvalue weighted by atomic mass is 10.4. The largest absolute Gasteiger partial charge is 0.359 e. The molecule has 0 saturated heterocycles. The number of hydrogen-bond acceptors (Lipinski definition) is 4. The molecule has 1 aromatic heterocycles. The van der Waals surface area contributed by atoms with Crippen LogP contribution >= 0.6 is 0 Å². The molecule has 7 heteroatoms. The summed E-state index contributed by atoms with van der Waals surface area (Å²) in [4.78, 5) is 20.9. The standard InChI is InChI=1S/C8H12N4O3/c1-6-7(12(14)15)5-11(10-6)4-3-8(13)9-2/h5H,3-4H2,1-2H3,(H,9,13). The number of aromatic nitrogens is 2. The van der Waals surface area contributed by atoms with Crippen molar-refractivity contribution in [1.29, 1.82) is 0 Å². The molecule has 0 fully saturated rings. The fourth-order valence-electron chi connectivity index (χ4n) is 1.14. The molecule has 0 radical (unpaired) electrons. The van der Waals surface area contributed by atoms with Gasteiger partial charge >= 0.3 is 5.69 Å². The fraction of sp³-hybridized carbons (Fsp3) is 0.500. The lowest BCUT2D eigenvalue weighted by molar-refractivity contribution is -0.385. The van der Waals surface area contributed by atoms with Crippen LogP contribution in [0, 0.1) is 17.0 Å². The zero-order valence-corrected chi connectivity index (χ0v) is 8.56. The van der Waals surface area contributed by atoms with E-state index in [4.69, 9.17) is 0 Å². The number of nitrogens with one attached hydrogen (secondary N) is 1. The first kappa shape index (κ1) is 11.2. The van der Waals surface area contributed by atoms with Crippen molar-refractivity contribution < 1.29 is 9.72 Å². The van der Waals surface area contributed by atoms with Crippen LogP contribution in [0.5, 0.6) is 0 Å². The van der Waals surface area contributed by atoms with E-state index >= 15 is 0 Å². The number of carbonyl (C=O) groups excluding carboxylic acids is 1. The van der Waals surface area contributed by atoms with Crippen molar-refractivity contribution in [3.8, 4) is 0 Å². The topological polar surface area (TPSA) is 90.1 Å². The highest BCUT2D eigenvalue weighted by Crippen LogP contribution is 2.14. The molecule has 7 nitrogen and oxygen atoms in total. The van der Waals surface area contributed by atoms with Crippen molar-refractivity contribution in [2.24, 2.45) is 0 Å². The first-order chi connectivity index (χ1) is 7.04. The second kappa shape index (κ2) is 4.54. The molecule has 15 heavy (non-hydrogen) atoms. The Labute approximate surface area is 86.2 Å². The van der Waals surface area contributed by atoms with Crippen LogP contribution in [0.2, 0.25) is 0 Å². The summed E-state index contributed by atoms with van der Waals surface area (Å²) < 4.78 is 1.41. The Morgan fingerprint density at radius 2 is 2.40 bits per heavy atom. The van der Waals surface area contributed by atoms with Crippen molar-refractivity contribution in [1.82, 2.24) is 15.1 Å². The average molecular weight is 212 g/mol. The summed E-state index contributed by atoms with van der Waals surface area (Å²) in [7, 11) is 1.54. The summed E-state index contributed by atoms with van der Waals surface area (Å²) in [5.41, 5.74) is 0.337. The van der Waals surface area contributed by atoms with Crippen LogP contribution in [-0.2, 0) is 11.3 Å². The maximum atomic E-state index is 10.9. The van der Waals surface area contributed by atoms with Gasteiger partial charge in [0.25, 0.3) is 0 Å². The molecule has 0 aliphatic carbocycles. The van der Waals surface area contributed by atoms with Gasteiger partial charge in [0.2, 0.25) is 5.91 Å². The highest BCUT2D eigenvalue weighted by atomic mass is 16.6. The summed E-state index contributed by atoms with van der Waals surface area (Å²) in [5, 5.41) is 16.9. The zero-order chi connectivity index (χ0) is 11.4. The number of amides is 1. The van der Waals surface area contributed by atoms with Gasteiger partial charge in [-0.2, -0.15) is 5.10 Å². The highest BCUT2D eigenvalue weighted by molar-refractivity contribution is 5.75. The van der Waals surface area contributed by atoms with Crippen molar-refractivity contribution in [3.63, 3.8) is 0 Å². The third-order valence-electron chi connectivity index (χ3n) is 1.96. The SMILES string of the molecule is CNC(=O)CCn1cc([N+](=O)[O-])c(C)n1. The normalized spacial score (nSPS) is 10.0. The minimum atomic E-state index is -0.487. The van der Waals surface area contributed by atoms with Crippen molar-refractivity contribution >= 4 is 11.6 Å². The van der Waals surface area contributed by atoms with Gasteiger partial charge in [0.1, 0.15) is 11.9 Å². The number of aryl methyl sites for hydroxylation is 2. The van der Waals surface area contributed by atoms with Crippen LogP contribution in [-0.4, -0.2) is 27.7 Å². The van der Waals surface area contributed by atoms with Crippen LogP contribution < -0.4 is 5.32 Å². The molecule has 0 saturated carbocycles. The summed E-state index contributed by atoms with van der Waals surface area (Å²) >= 11 is 0. The van der Waals surface area contributed by atoms with Gasteiger partial charge in [-0.25, -0.2) is 0 Å². The first-order valence-corrected chi connectivity index (χ1v) is 4.43. The number of carbonyl (C=O) groups is 1. The van der Waals surface area contributed by atoms with Gasteiger partial charge in [0.05, 0.1) is 4.92 Å². The van der Waals surface area contributed by atoms with E-state index in [-0.39, 0.29) is 18.0 Å². The minimum Gasteiger partial charge on any atom is -0.359 e. The van der Waals surface area contributed by atoms with Crippen LogP contribution in [0.1, 0.15) is 12.1 Å². The molecular formula is C8H12N4O3. The average Bonchev–Trinajstić information content (AvgIpc) is 2.56. The molecule has 0 unspecified atom stereocenters. The summed E-state index contributed by atoms with van der Waals surface area (Å²) in [6, 6.07) is 0. The molecule has 1 rings (SSSR count). The van der Waals surface area contributed by atoms with Crippen molar-refractivity contribution in [2.75, 3.05) is 7.05 Å². The lowest BCUT2D eigenvalue weighted by Gasteiger charge is -1.99. The molecule has 0 aliphatic rings. The Bertz CT molecular complexity index is 385. The quantitative estimate of drug-likeness (QED) is 0.571. The molecule has 82 valence electrons. The van der Waals surface area contributed by atoms with E-state index in [1.807, 2.05) is 0 Å². The summed E-state index contributed by atoms with van der Waals surface area (Å²) in [6.45, 7) is 1.91. The van der Waals surface area contributed by atoms with Gasteiger partial charge < -0.3 is 5.32 Å². The van der Waals surface area contributed by atoms with E-state index in [0.29, 0.717) is 12.2 Å². The number of rotatable bonds is 4. The van der Waals surface area contributed by atoms with Crippen molar-refractivity contribution in [3.05, 3.63) is 22.0 Å². The van der Waals surface area contributed by atoms with Gasteiger partial charge in [-0.05, 0) is 6.92 Å². The van der Waals surface area contributed by atoms with E-state index in [0.717, 1.165) is 0 Å². The third kappa shape index (κ3) is 2.76. The van der Waals surface area contributed by atoms with E-state index < -0.39 is 4.92 Å². The maximum Gasteiger partial charge on any atom is 0.309 e. The molecular weight excluding hydrogens is 200 g/mol.